The van der Waals surface area contributed by atoms with Crippen molar-refractivity contribution in [2.24, 2.45) is 0 Å². The van der Waals surface area contributed by atoms with Crippen LogP contribution < -0.4 is 4.74 Å². The molecule has 0 aliphatic rings. The van der Waals surface area contributed by atoms with Crippen LogP contribution in [-0.2, 0) is 0 Å². The Morgan fingerprint density at radius 1 is 1.39 bits per heavy atom. The van der Waals surface area contributed by atoms with Crippen LogP contribution in [0, 0.1) is 0 Å². The molecule has 0 aliphatic carbocycles. The van der Waals surface area contributed by atoms with E-state index >= 15 is 0 Å². The highest BCUT2D eigenvalue weighted by molar-refractivity contribution is 5.29. The first kappa shape index (κ1) is 15.0. The zero-order chi connectivity index (χ0) is 13.4. The summed E-state index contributed by atoms with van der Waals surface area (Å²) in [4.78, 5) is 2.13. The molecule has 18 heavy (non-hydrogen) atoms. The van der Waals surface area contributed by atoms with Crippen LogP contribution in [0.5, 0.6) is 5.75 Å². The predicted octanol–water partition coefficient (Wildman–Crippen LogP) is 1.43. The molecule has 0 bridgehead atoms. The molecule has 0 amide bonds. The number of aliphatic hydroxyl groups excluding tert-OH is 2. The normalized spacial score (nSPS) is 12.7. The molecule has 0 aliphatic heterocycles. The number of rotatable bonds is 8. The fourth-order valence-corrected chi connectivity index (χ4v) is 1.87. The molecule has 0 fully saturated rings. The molecule has 0 radical (unpaired) electrons. The molecule has 2 N–H and O–H groups in total. The summed E-state index contributed by atoms with van der Waals surface area (Å²) in [7, 11) is 1.62. The third kappa shape index (κ3) is 4.64. The molecule has 1 aromatic carbocycles. The van der Waals surface area contributed by atoms with Gasteiger partial charge in [0.1, 0.15) is 5.75 Å². The summed E-state index contributed by atoms with van der Waals surface area (Å²) < 4.78 is 5.14. The van der Waals surface area contributed by atoms with E-state index in [0.29, 0.717) is 6.54 Å². The second-order valence-electron chi connectivity index (χ2n) is 4.26. The highest BCUT2D eigenvalue weighted by Gasteiger charge is 2.12. The lowest BCUT2D eigenvalue weighted by atomic mass is 10.1. The standard InChI is InChI=1S/C14H23NO3/c1-3-15(8-5-9-16)11-14(17)12-6-4-7-13(10-12)18-2/h4,6-7,10,14,16-17H,3,5,8-9,11H2,1-2H3. The number of ether oxygens (including phenoxy) is 1. The minimum absolute atomic E-state index is 0.186. The molecule has 1 rings (SSSR count). The summed E-state index contributed by atoms with van der Waals surface area (Å²) in [6.07, 6.45) is 0.206. The number of methoxy groups -OCH3 is 1. The van der Waals surface area contributed by atoms with E-state index in [1.54, 1.807) is 7.11 Å². The largest absolute Gasteiger partial charge is 0.497 e. The Labute approximate surface area is 109 Å². The highest BCUT2D eigenvalue weighted by atomic mass is 16.5. The van der Waals surface area contributed by atoms with E-state index in [-0.39, 0.29) is 6.61 Å². The molecule has 0 aromatic heterocycles. The number of hydrogen-bond acceptors (Lipinski definition) is 4. The van der Waals surface area contributed by atoms with Crippen molar-refractivity contribution in [1.82, 2.24) is 4.90 Å². The topological polar surface area (TPSA) is 52.9 Å². The zero-order valence-electron chi connectivity index (χ0n) is 11.2. The number of likely N-dealkylation sites (N-methyl/N-ethyl adjacent to an activating group) is 1. The van der Waals surface area contributed by atoms with Gasteiger partial charge in [-0.05, 0) is 30.7 Å². The van der Waals surface area contributed by atoms with Crippen molar-refractivity contribution in [3.8, 4) is 5.75 Å². The molecule has 0 spiro atoms. The Morgan fingerprint density at radius 3 is 2.78 bits per heavy atom. The highest BCUT2D eigenvalue weighted by Crippen LogP contribution is 2.19. The van der Waals surface area contributed by atoms with Crippen LogP contribution in [0.2, 0.25) is 0 Å². The quantitative estimate of drug-likeness (QED) is 0.736. The molecular weight excluding hydrogens is 230 g/mol. The molecule has 1 unspecified atom stereocenters. The Balaban J connectivity index is 2.59. The number of aliphatic hydroxyl groups is 2. The Bertz CT molecular complexity index is 344. The fraction of sp³-hybridized carbons (Fsp3) is 0.571. The molecule has 1 atom stereocenters. The van der Waals surface area contributed by atoms with E-state index < -0.39 is 6.10 Å². The van der Waals surface area contributed by atoms with Gasteiger partial charge in [0, 0.05) is 19.7 Å². The summed E-state index contributed by atoms with van der Waals surface area (Å²) in [5.74, 6) is 0.755. The van der Waals surface area contributed by atoms with Crippen LogP contribution in [0.1, 0.15) is 25.0 Å². The van der Waals surface area contributed by atoms with Gasteiger partial charge in [0.2, 0.25) is 0 Å². The van der Waals surface area contributed by atoms with Gasteiger partial charge in [-0.15, -0.1) is 0 Å². The van der Waals surface area contributed by atoms with Crippen LogP contribution >= 0.6 is 0 Å². The van der Waals surface area contributed by atoms with Gasteiger partial charge >= 0.3 is 0 Å². The number of benzene rings is 1. The van der Waals surface area contributed by atoms with Gasteiger partial charge in [-0.2, -0.15) is 0 Å². The number of nitrogens with zero attached hydrogens (tertiary/aromatic N) is 1. The van der Waals surface area contributed by atoms with Crippen molar-refractivity contribution in [2.45, 2.75) is 19.4 Å². The van der Waals surface area contributed by atoms with E-state index in [1.807, 2.05) is 24.3 Å². The minimum atomic E-state index is -0.529. The molecule has 0 saturated heterocycles. The summed E-state index contributed by atoms with van der Waals surface area (Å²) in [6, 6.07) is 7.48. The van der Waals surface area contributed by atoms with Crippen molar-refractivity contribution in [1.29, 1.82) is 0 Å². The molecule has 4 heteroatoms. The van der Waals surface area contributed by atoms with Crippen LogP contribution in [0.25, 0.3) is 0 Å². The van der Waals surface area contributed by atoms with Crippen LogP contribution in [0.3, 0.4) is 0 Å². The van der Waals surface area contributed by atoms with Crippen molar-refractivity contribution >= 4 is 0 Å². The summed E-state index contributed by atoms with van der Waals surface area (Å²) >= 11 is 0. The third-order valence-corrected chi connectivity index (χ3v) is 2.99. The maximum Gasteiger partial charge on any atom is 0.119 e. The molecule has 1 aromatic rings. The maximum atomic E-state index is 10.2. The fourth-order valence-electron chi connectivity index (χ4n) is 1.87. The summed E-state index contributed by atoms with van der Waals surface area (Å²) in [5, 5.41) is 19.0. The number of hydrogen-bond donors (Lipinski definition) is 2. The van der Waals surface area contributed by atoms with Crippen LogP contribution in [0.15, 0.2) is 24.3 Å². The smallest absolute Gasteiger partial charge is 0.119 e. The third-order valence-electron chi connectivity index (χ3n) is 2.99. The van der Waals surface area contributed by atoms with E-state index in [4.69, 9.17) is 9.84 Å². The second kappa shape index (κ2) is 8.08. The van der Waals surface area contributed by atoms with Gasteiger partial charge in [0.05, 0.1) is 13.2 Å². The van der Waals surface area contributed by atoms with E-state index in [0.717, 1.165) is 30.8 Å². The van der Waals surface area contributed by atoms with Crippen molar-refractivity contribution in [3.05, 3.63) is 29.8 Å². The first-order chi connectivity index (χ1) is 8.71. The zero-order valence-corrected chi connectivity index (χ0v) is 11.2. The van der Waals surface area contributed by atoms with E-state index in [1.165, 1.54) is 0 Å². The SMILES string of the molecule is CCN(CCCO)CC(O)c1cccc(OC)c1. The first-order valence-corrected chi connectivity index (χ1v) is 6.36. The Morgan fingerprint density at radius 2 is 2.17 bits per heavy atom. The molecule has 4 nitrogen and oxygen atoms in total. The molecule has 0 saturated carbocycles. The Kier molecular flexibility index (Phi) is 6.72. The van der Waals surface area contributed by atoms with Crippen LogP contribution in [-0.4, -0.2) is 48.5 Å². The van der Waals surface area contributed by atoms with Crippen LogP contribution in [0.4, 0.5) is 0 Å². The molecular formula is C14H23NO3. The van der Waals surface area contributed by atoms with Gasteiger partial charge in [0.15, 0.2) is 0 Å². The van der Waals surface area contributed by atoms with Gasteiger partial charge in [-0.1, -0.05) is 19.1 Å². The monoisotopic (exact) mass is 253 g/mol. The van der Waals surface area contributed by atoms with Gasteiger partial charge in [-0.25, -0.2) is 0 Å². The van der Waals surface area contributed by atoms with Gasteiger partial charge in [0.25, 0.3) is 0 Å². The van der Waals surface area contributed by atoms with Gasteiger partial charge in [-0.3, -0.25) is 0 Å². The lowest BCUT2D eigenvalue weighted by Crippen LogP contribution is -2.30. The maximum absolute atomic E-state index is 10.2. The lowest BCUT2D eigenvalue weighted by Gasteiger charge is -2.23. The summed E-state index contributed by atoms with van der Waals surface area (Å²) in [6.45, 7) is 4.47. The summed E-state index contributed by atoms with van der Waals surface area (Å²) in [5.41, 5.74) is 0.858. The van der Waals surface area contributed by atoms with Crippen molar-refractivity contribution < 1.29 is 14.9 Å². The average molecular weight is 253 g/mol. The minimum Gasteiger partial charge on any atom is -0.497 e. The first-order valence-electron chi connectivity index (χ1n) is 6.36. The average Bonchev–Trinajstić information content (AvgIpc) is 2.43. The van der Waals surface area contributed by atoms with E-state index in [9.17, 15) is 5.11 Å². The van der Waals surface area contributed by atoms with E-state index in [2.05, 4.69) is 11.8 Å². The van der Waals surface area contributed by atoms with Crippen molar-refractivity contribution in [3.63, 3.8) is 0 Å². The lowest BCUT2D eigenvalue weighted by molar-refractivity contribution is 0.111. The second-order valence-corrected chi connectivity index (χ2v) is 4.26. The predicted molar refractivity (Wildman–Crippen MR) is 71.8 cm³/mol. The molecule has 0 heterocycles. The van der Waals surface area contributed by atoms with Gasteiger partial charge < -0.3 is 19.8 Å². The Hall–Kier alpha value is -1.10. The molecule has 102 valence electrons. The van der Waals surface area contributed by atoms with Crippen molar-refractivity contribution in [2.75, 3.05) is 33.4 Å².